The summed E-state index contributed by atoms with van der Waals surface area (Å²) in [7, 11) is 0. The molecule has 0 bridgehead atoms. The third-order valence-electron chi connectivity index (χ3n) is 2.03. The van der Waals surface area contributed by atoms with Gasteiger partial charge in [0.25, 0.3) is 0 Å². The summed E-state index contributed by atoms with van der Waals surface area (Å²) in [6, 6.07) is 0. The van der Waals surface area contributed by atoms with Crippen molar-refractivity contribution in [3.63, 3.8) is 0 Å². The largest absolute Gasteiger partial charge is 0.480 e. The number of rotatable bonds is 4. The molecule has 0 fully saturated rings. The lowest BCUT2D eigenvalue weighted by atomic mass is 9.88. The van der Waals surface area contributed by atoms with Gasteiger partial charge in [-0.1, -0.05) is 22.6 Å². The number of halogens is 1. The summed E-state index contributed by atoms with van der Waals surface area (Å²) >= 11 is 1.93. The highest BCUT2D eigenvalue weighted by atomic mass is 127. The number of carbonyl (C=O) groups excluding carboxylic acids is 1. The van der Waals surface area contributed by atoms with Crippen LogP contribution >= 0.6 is 22.6 Å². The van der Waals surface area contributed by atoms with E-state index in [-0.39, 0.29) is 0 Å². The van der Waals surface area contributed by atoms with Crippen LogP contribution in [0.4, 0.5) is 0 Å². The van der Waals surface area contributed by atoms with Crippen molar-refractivity contribution in [2.24, 2.45) is 11.7 Å². The summed E-state index contributed by atoms with van der Waals surface area (Å²) < 4.78 is 5.44. The van der Waals surface area contributed by atoms with Gasteiger partial charge in [0.1, 0.15) is 11.1 Å². The van der Waals surface area contributed by atoms with Crippen molar-refractivity contribution in [2.75, 3.05) is 4.43 Å². The number of hydrogen-bond donors (Lipinski definition) is 2. The van der Waals surface area contributed by atoms with Gasteiger partial charge in [-0.15, -0.1) is 0 Å². The third kappa shape index (κ3) is 4.25. The van der Waals surface area contributed by atoms with Crippen molar-refractivity contribution in [3.8, 4) is 0 Å². The molecule has 16 heavy (non-hydrogen) atoms. The molecule has 5 nitrogen and oxygen atoms in total. The number of aliphatic carboxylic acids is 1. The molecule has 0 radical (unpaired) electrons. The maximum atomic E-state index is 11.8. The summed E-state index contributed by atoms with van der Waals surface area (Å²) in [5, 5.41) is 8.95. The fourth-order valence-corrected chi connectivity index (χ4v) is 2.26. The lowest BCUT2D eigenvalue weighted by Crippen LogP contribution is -2.56. The number of nitrogens with two attached hydrogens (primary N) is 1. The smallest absolute Gasteiger partial charge is 0.324 e. The zero-order valence-electron chi connectivity index (χ0n) is 9.91. The van der Waals surface area contributed by atoms with Gasteiger partial charge < -0.3 is 15.6 Å². The SMILES string of the molecule is CC(C)(C)OC(=O)C(CI)[C@](C)(N)C(=O)O. The second kappa shape index (κ2) is 5.31. The molecule has 0 aliphatic carbocycles. The standard InChI is InChI=1S/C10H18INO4/c1-9(2,3)16-7(13)6(5-11)10(4,12)8(14)15/h6H,5,12H2,1-4H3,(H,14,15)/t6?,10-/m0/s1. The van der Waals surface area contributed by atoms with Crippen molar-refractivity contribution in [1.29, 1.82) is 0 Å². The number of hydrogen-bond acceptors (Lipinski definition) is 4. The zero-order chi connectivity index (χ0) is 13.1. The summed E-state index contributed by atoms with van der Waals surface area (Å²) in [6.45, 7) is 6.50. The first kappa shape index (κ1) is 15.6. The van der Waals surface area contributed by atoms with Gasteiger partial charge in [0.05, 0.1) is 5.92 Å². The van der Waals surface area contributed by atoms with Crippen molar-refractivity contribution >= 4 is 34.5 Å². The van der Waals surface area contributed by atoms with Gasteiger partial charge in [-0.05, 0) is 27.7 Å². The van der Waals surface area contributed by atoms with E-state index in [0.29, 0.717) is 4.43 Å². The molecule has 0 aromatic carbocycles. The van der Waals surface area contributed by atoms with Gasteiger partial charge in [-0.2, -0.15) is 0 Å². The number of carboxylic acids is 1. The predicted molar refractivity (Wildman–Crippen MR) is 68.5 cm³/mol. The fraction of sp³-hybridized carbons (Fsp3) is 0.800. The van der Waals surface area contributed by atoms with Crippen LogP contribution in [0, 0.1) is 5.92 Å². The lowest BCUT2D eigenvalue weighted by molar-refractivity contribution is -0.166. The van der Waals surface area contributed by atoms with Crippen LogP contribution in [0.2, 0.25) is 0 Å². The molecular formula is C10H18INO4. The minimum absolute atomic E-state index is 0.298. The Morgan fingerprint density at radius 2 is 1.81 bits per heavy atom. The average molecular weight is 343 g/mol. The van der Waals surface area contributed by atoms with Gasteiger partial charge in [-0.25, -0.2) is 0 Å². The van der Waals surface area contributed by atoms with Gasteiger partial charge >= 0.3 is 11.9 Å². The minimum atomic E-state index is -1.61. The lowest BCUT2D eigenvalue weighted by Gasteiger charge is -2.30. The Hall–Kier alpha value is -0.370. The van der Waals surface area contributed by atoms with Crippen LogP contribution in [0.15, 0.2) is 0 Å². The Labute approximate surface area is 109 Å². The van der Waals surface area contributed by atoms with E-state index in [0.717, 1.165) is 0 Å². The topological polar surface area (TPSA) is 89.6 Å². The van der Waals surface area contributed by atoms with Crippen LogP contribution in [0.5, 0.6) is 0 Å². The van der Waals surface area contributed by atoms with E-state index in [9.17, 15) is 9.59 Å². The van der Waals surface area contributed by atoms with Gasteiger partial charge in [0.15, 0.2) is 0 Å². The molecule has 6 heteroatoms. The Bertz CT molecular complexity index is 283. The van der Waals surface area contributed by atoms with Crippen molar-refractivity contribution in [2.45, 2.75) is 38.8 Å². The molecule has 2 atom stereocenters. The molecule has 0 rings (SSSR count). The fourth-order valence-electron chi connectivity index (χ4n) is 0.990. The molecule has 0 amide bonds. The molecule has 0 saturated carbocycles. The Kier molecular flexibility index (Phi) is 5.18. The molecule has 0 aromatic rings. The molecule has 0 spiro atoms. The summed E-state index contributed by atoms with van der Waals surface area (Å²) in [6.07, 6.45) is 0. The zero-order valence-corrected chi connectivity index (χ0v) is 12.1. The highest BCUT2D eigenvalue weighted by molar-refractivity contribution is 14.1. The molecule has 0 aliphatic rings. The first-order valence-corrected chi connectivity index (χ1v) is 6.36. The number of carboxylic acid groups (broad SMARTS) is 1. The van der Waals surface area contributed by atoms with Crippen LogP contribution in [0.3, 0.4) is 0 Å². The highest BCUT2D eigenvalue weighted by Crippen LogP contribution is 2.22. The summed E-state index contributed by atoms with van der Waals surface area (Å²) in [5.41, 5.74) is 3.38. The highest BCUT2D eigenvalue weighted by Gasteiger charge is 2.43. The summed E-state index contributed by atoms with van der Waals surface area (Å²) in [4.78, 5) is 22.7. The molecule has 3 N–H and O–H groups in total. The minimum Gasteiger partial charge on any atom is -0.480 e. The van der Waals surface area contributed by atoms with E-state index in [2.05, 4.69) is 0 Å². The normalized spacial score (nSPS) is 17.4. The third-order valence-corrected chi connectivity index (χ3v) is 2.91. The van der Waals surface area contributed by atoms with Crippen molar-refractivity contribution in [1.82, 2.24) is 0 Å². The van der Waals surface area contributed by atoms with Crippen molar-refractivity contribution < 1.29 is 19.4 Å². The van der Waals surface area contributed by atoms with Crippen LogP contribution in [-0.2, 0) is 14.3 Å². The molecule has 1 unspecified atom stereocenters. The maximum absolute atomic E-state index is 11.8. The molecule has 0 aliphatic heterocycles. The molecular weight excluding hydrogens is 325 g/mol. The number of ether oxygens (including phenoxy) is 1. The summed E-state index contributed by atoms with van der Waals surface area (Å²) in [5.74, 6) is -2.64. The molecule has 94 valence electrons. The van der Waals surface area contributed by atoms with E-state index in [1.54, 1.807) is 20.8 Å². The number of carbonyl (C=O) groups is 2. The van der Waals surface area contributed by atoms with Crippen LogP contribution < -0.4 is 5.73 Å². The number of esters is 1. The van der Waals surface area contributed by atoms with E-state index >= 15 is 0 Å². The van der Waals surface area contributed by atoms with E-state index in [4.69, 9.17) is 15.6 Å². The molecule has 0 saturated heterocycles. The van der Waals surface area contributed by atoms with Gasteiger partial charge in [0.2, 0.25) is 0 Å². The Morgan fingerprint density at radius 1 is 1.38 bits per heavy atom. The van der Waals surface area contributed by atoms with Gasteiger partial charge in [-0.3, -0.25) is 9.59 Å². The maximum Gasteiger partial charge on any atom is 0.324 e. The van der Waals surface area contributed by atoms with E-state index in [1.165, 1.54) is 6.92 Å². The first-order valence-electron chi connectivity index (χ1n) is 4.83. The van der Waals surface area contributed by atoms with Gasteiger partial charge in [0, 0.05) is 4.43 Å². The van der Waals surface area contributed by atoms with Crippen LogP contribution in [-0.4, -0.2) is 32.6 Å². The second-order valence-corrected chi connectivity index (χ2v) is 5.71. The van der Waals surface area contributed by atoms with Crippen molar-refractivity contribution in [3.05, 3.63) is 0 Å². The second-order valence-electron chi connectivity index (χ2n) is 4.83. The van der Waals surface area contributed by atoms with Crippen LogP contribution in [0.1, 0.15) is 27.7 Å². The first-order chi connectivity index (χ1) is 7.02. The van der Waals surface area contributed by atoms with E-state index in [1.807, 2.05) is 22.6 Å². The van der Waals surface area contributed by atoms with Crippen LogP contribution in [0.25, 0.3) is 0 Å². The molecule has 0 heterocycles. The quantitative estimate of drug-likeness (QED) is 0.455. The molecule has 0 aromatic heterocycles. The number of alkyl halides is 1. The Morgan fingerprint density at radius 3 is 2.06 bits per heavy atom. The Balaban J connectivity index is 4.88. The average Bonchev–Trinajstić information content (AvgIpc) is 2.00. The van der Waals surface area contributed by atoms with E-state index < -0.39 is 29.0 Å². The monoisotopic (exact) mass is 343 g/mol. The predicted octanol–water partition coefficient (Wildman–Crippen LogP) is 1.18.